The minimum absolute atomic E-state index is 0.142. The normalized spacial score (nSPS) is 25.1. The van der Waals surface area contributed by atoms with Crippen molar-refractivity contribution in [3.8, 4) is 0 Å². The monoisotopic (exact) mass is 323 g/mol. The topological polar surface area (TPSA) is 46.9 Å². The van der Waals surface area contributed by atoms with Crippen LogP contribution in [-0.4, -0.2) is 15.7 Å². The molecule has 1 aromatic carbocycles. The fourth-order valence-electron chi connectivity index (χ4n) is 4.55. The van der Waals surface area contributed by atoms with Crippen LogP contribution in [0.2, 0.25) is 0 Å². The van der Waals surface area contributed by atoms with Gasteiger partial charge in [-0.3, -0.25) is 9.48 Å². The number of anilines is 1. The maximum absolute atomic E-state index is 12.3. The SMILES string of the molecule is Cc1ccccc1Cn1cc(NC(=O)CC2CC3CCC2C3)cn1. The Morgan fingerprint density at radius 1 is 1.29 bits per heavy atom. The van der Waals surface area contributed by atoms with E-state index < -0.39 is 0 Å². The maximum atomic E-state index is 12.3. The summed E-state index contributed by atoms with van der Waals surface area (Å²) in [5, 5.41) is 7.40. The Labute approximate surface area is 143 Å². The quantitative estimate of drug-likeness (QED) is 0.904. The average Bonchev–Trinajstić information content (AvgIpc) is 3.27. The molecule has 0 spiro atoms. The van der Waals surface area contributed by atoms with E-state index in [1.165, 1.54) is 36.8 Å². The minimum atomic E-state index is 0.142. The molecule has 1 amide bonds. The summed E-state index contributed by atoms with van der Waals surface area (Å²) >= 11 is 0. The Morgan fingerprint density at radius 3 is 2.92 bits per heavy atom. The number of aryl methyl sites for hydroxylation is 1. The van der Waals surface area contributed by atoms with Gasteiger partial charge >= 0.3 is 0 Å². The van der Waals surface area contributed by atoms with Crippen molar-refractivity contribution in [2.75, 3.05) is 5.32 Å². The molecule has 2 bridgehead atoms. The van der Waals surface area contributed by atoms with Crippen molar-refractivity contribution < 1.29 is 4.79 Å². The molecule has 1 aromatic heterocycles. The first-order valence-electron chi connectivity index (χ1n) is 9.04. The zero-order valence-electron chi connectivity index (χ0n) is 14.2. The van der Waals surface area contributed by atoms with E-state index >= 15 is 0 Å². The van der Waals surface area contributed by atoms with Gasteiger partial charge in [0.2, 0.25) is 5.91 Å². The van der Waals surface area contributed by atoms with Crippen LogP contribution in [0.15, 0.2) is 36.7 Å². The van der Waals surface area contributed by atoms with Gasteiger partial charge < -0.3 is 5.32 Å². The van der Waals surface area contributed by atoms with E-state index in [4.69, 9.17) is 0 Å². The number of carbonyl (C=O) groups excluding carboxylic acids is 1. The number of rotatable bonds is 5. The predicted octanol–water partition coefficient (Wildman–Crippen LogP) is 4.00. The van der Waals surface area contributed by atoms with Crippen molar-refractivity contribution >= 4 is 11.6 Å². The van der Waals surface area contributed by atoms with Gasteiger partial charge in [-0.15, -0.1) is 0 Å². The molecule has 2 aliphatic carbocycles. The molecule has 4 heteroatoms. The molecule has 0 saturated heterocycles. The Balaban J connectivity index is 1.33. The Kier molecular flexibility index (Phi) is 4.13. The standard InChI is InChI=1S/C20H25N3O/c1-14-4-2-3-5-17(14)12-23-13-19(11-21-23)22-20(24)10-18-9-15-6-7-16(18)8-15/h2-5,11,13,15-16,18H,6-10,12H2,1H3,(H,22,24). The molecule has 4 rings (SSSR count). The van der Waals surface area contributed by atoms with Crippen molar-refractivity contribution in [2.24, 2.45) is 17.8 Å². The first-order chi connectivity index (χ1) is 11.7. The highest BCUT2D eigenvalue weighted by Crippen LogP contribution is 2.49. The van der Waals surface area contributed by atoms with Gasteiger partial charge in [-0.05, 0) is 55.1 Å². The number of nitrogens with one attached hydrogen (secondary N) is 1. The Hall–Kier alpha value is -2.10. The highest BCUT2D eigenvalue weighted by Gasteiger charge is 2.40. The number of carbonyl (C=O) groups is 1. The van der Waals surface area contributed by atoms with Gasteiger partial charge in [-0.1, -0.05) is 30.7 Å². The van der Waals surface area contributed by atoms with Gasteiger partial charge in [0.05, 0.1) is 18.4 Å². The van der Waals surface area contributed by atoms with Gasteiger partial charge in [0.15, 0.2) is 0 Å². The van der Waals surface area contributed by atoms with Crippen molar-refractivity contribution in [2.45, 2.75) is 45.6 Å². The first-order valence-corrected chi connectivity index (χ1v) is 9.04. The third-order valence-corrected chi connectivity index (χ3v) is 5.84. The maximum Gasteiger partial charge on any atom is 0.224 e. The molecule has 0 aliphatic heterocycles. The highest BCUT2D eigenvalue weighted by molar-refractivity contribution is 5.90. The zero-order valence-corrected chi connectivity index (χ0v) is 14.2. The van der Waals surface area contributed by atoms with E-state index in [1.54, 1.807) is 6.20 Å². The molecule has 1 heterocycles. The van der Waals surface area contributed by atoms with Gasteiger partial charge in [0.25, 0.3) is 0 Å². The second-order valence-electron chi connectivity index (χ2n) is 7.54. The molecule has 4 nitrogen and oxygen atoms in total. The van der Waals surface area contributed by atoms with Crippen molar-refractivity contribution in [3.05, 3.63) is 47.8 Å². The van der Waals surface area contributed by atoms with Crippen LogP contribution in [-0.2, 0) is 11.3 Å². The van der Waals surface area contributed by atoms with Gasteiger partial charge in [0, 0.05) is 12.6 Å². The lowest BCUT2D eigenvalue weighted by Gasteiger charge is -2.20. The van der Waals surface area contributed by atoms with E-state index in [2.05, 4.69) is 29.5 Å². The van der Waals surface area contributed by atoms with E-state index in [0.717, 1.165) is 24.1 Å². The minimum Gasteiger partial charge on any atom is -0.323 e. The fraction of sp³-hybridized carbons (Fsp3) is 0.500. The number of nitrogens with zero attached hydrogens (tertiary/aromatic N) is 2. The number of hydrogen-bond donors (Lipinski definition) is 1. The molecular weight excluding hydrogens is 298 g/mol. The summed E-state index contributed by atoms with van der Waals surface area (Å²) in [5.41, 5.74) is 3.31. The third kappa shape index (κ3) is 3.23. The summed E-state index contributed by atoms with van der Waals surface area (Å²) in [6.07, 6.45) is 9.66. The number of benzene rings is 1. The highest BCUT2D eigenvalue weighted by atomic mass is 16.1. The van der Waals surface area contributed by atoms with Crippen molar-refractivity contribution in [1.82, 2.24) is 9.78 Å². The lowest BCUT2D eigenvalue weighted by molar-refractivity contribution is -0.117. The third-order valence-electron chi connectivity index (χ3n) is 5.84. The van der Waals surface area contributed by atoms with Crippen molar-refractivity contribution in [3.63, 3.8) is 0 Å². The smallest absolute Gasteiger partial charge is 0.224 e. The number of hydrogen-bond acceptors (Lipinski definition) is 2. The van der Waals surface area contributed by atoms with E-state index in [0.29, 0.717) is 12.3 Å². The van der Waals surface area contributed by atoms with E-state index in [9.17, 15) is 4.79 Å². The van der Waals surface area contributed by atoms with Crippen molar-refractivity contribution in [1.29, 1.82) is 0 Å². The summed E-state index contributed by atoms with van der Waals surface area (Å²) in [4.78, 5) is 12.3. The van der Waals surface area contributed by atoms with E-state index in [-0.39, 0.29) is 5.91 Å². The second kappa shape index (κ2) is 6.42. The lowest BCUT2D eigenvalue weighted by Crippen LogP contribution is -2.20. The number of amides is 1. The van der Waals surface area contributed by atoms with Gasteiger partial charge in [-0.2, -0.15) is 5.10 Å². The molecule has 1 N–H and O–H groups in total. The summed E-state index contributed by atoms with van der Waals surface area (Å²) in [6, 6.07) is 8.31. The van der Waals surface area contributed by atoms with Crippen LogP contribution in [0.4, 0.5) is 5.69 Å². The molecule has 126 valence electrons. The summed E-state index contributed by atoms with van der Waals surface area (Å²) in [5.74, 6) is 2.43. The van der Waals surface area contributed by atoms with Crippen LogP contribution in [0, 0.1) is 24.7 Å². The summed E-state index contributed by atoms with van der Waals surface area (Å²) in [7, 11) is 0. The molecule has 2 saturated carbocycles. The van der Waals surface area contributed by atoms with Crippen LogP contribution >= 0.6 is 0 Å². The van der Waals surface area contributed by atoms with Gasteiger partial charge in [0.1, 0.15) is 0 Å². The molecule has 3 unspecified atom stereocenters. The van der Waals surface area contributed by atoms with E-state index in [1.807, 2.05) is 23.0 Å². The summed E-state index contributed by atoms with van der Waals surface area (Å²) in [6.45, 7) is 2.84. The van der Waals surface area contributed by atoms with Crippen LogP contribution in [0.5, 0.6) is 0 Å². The molecular formula is C20H25N3O. The number of fused-ring (bicyclic) bond motifs is 2. The zero-order chi connectivity index (χ0) is 16.5. The largest absolute Gasteiger partial charge is 0.323 e. The molecule has 24 heavy (non-hydrogen) atoms. The number of aromatic nitrogens is 2. The Bertz CT molecular complexity index is 736. The molecule has 3 atom stereocenters. The van der Waals surface area contributed by atoms with Crippen LogP contribution in [0.1, 0.15) is 43.2 Å². The van der Waals surface area contributed by atoms with Crippen LogP contribution < -0.4 is 5.32 Å². The molecule has 2 fully saturated rings. The summed E-state index contributed by atoms with van der Waals surface area (Å²) < 4.78 is 1.88. The van der Waals surface area contributed by atoms with Crippen LogP contribution in [0.3, 0.4) is 0 Å². The fourth-order valence-corrected chi connectivity index (χ4v) is 4.55. The van der Waals surface area contributed by atoms with Crippen LogP contribution in [0.25, 0.3) is 0 Å². The molecule has 0 radical (unpaired) electrons. The molecule has 2 aliphatic rings. The second-order valence-corrected chi connectivity index (χ2v) is 7.54. The predicted molar refractivity (Wildman–Crippen MR) is 94.7 cm³/mol. The average molecular weight is 323 g/mol. The lowest BCUT2D eigenvalue weighted by atomic mass is 9.86. The Morgan fingerprint density at radius 2 is 2.17 bits per heavy atom. The first kappa shape index (κ1) is 15.4. The van der Waals surface area contributed by atoms with Gasteiger partial charge in [-0.25, -0.2) is 0 Å². The molecule has 2 aromatic rings.